The fourth-order valence-electron chi connectivity index (χ4n) is 1.52. The fourth-order valence-corrected chi connectivity index (χ4v) is 1.52. The van der Waals surface area contributed by atoms with Gasteiger partial charge in [0.15, 0.2) is 0 Å². The molecule has 1 N–H and O–H groups in total. The summed E-state index contributed by atoms with van der Waals surface area (Å²) in [6.45, 7) is 1.84. The standard InChI is InChI=1S/C8H10FN/c9-8-2-1-6-4-10-5-7(6)3-8/h3,10H,1-2,4-5H2. The zero-order chi connectivity index (χ0) is 6.97. The lowest BCUT2D eigenvalue weighted by atomic mass is 10.00. The zero-order valence-corrected chi connectivity index (χ0v) is 5.78. The first-order chi connectivity index (χ1) is 4.86. The van der Waals surface area contributed by atoms with Gasteiger partial charge in [0.2, 0.25) is 0 Å². The van der Waals surface area contributed by atoms with Crippen molar-refractivity contribution >= 4 is 0 Å². The van der Waals surface area contributed by atoms with Crippen molar-refractivity contribution in [1.82, 2.24) is 5.32 Å². The Morgan fingerprint density at radius 1 is 1.30 bits per heavy atom. The lowest BCUT2D eigenvalue weighted by Crippen LogP contribution is -2.08. The van der Waals surface area contributed by atoms with Crippen molar-refractivity contribution in [2.75, 3.05) is 13.1 Å². The zero-order valence-electron chi connectivity index (χ0n) is 5.78. The number of halogens is 1. The average Bonchev–Trinajstić information content (AvgIpc) is 2.33. The predicted octanol–water partition coefficient (Wildman–Crippen LogP) is 1.53. The van der Waals surface area contributed by atoms with Crippen LogP contribution in [0, 0.1) is 0 Å². The lowest BCUT2D eigenvalue weighted by Gasteiger charge is -2.07. The van der Waals surface area contributed by atoms with Gasteiger partial charge in [-0.05, 0) is 18.1 Å². The van der Waals surface area contributed by atoms with Crippen molar-refractivity contribution in [3.8, 4) is 0 Å². The Labute approximate surface area is 59.6 Å². The Balaban J connectivity index is 2.29. The second kappa shape index (κ2) is 2.20. The number of hydrogen-bond acceptors (Lipinski definition) is 1. The summed E-state index contributed by atoms with van der Waals surface area (Å²) in [5.74, 6) is 0.0439. The molecule has 54 valence electrons. The highest BCUT2D eigenvalue weighted by Crippen LogP contribution is 2.26. The summed E-state index contributed by atoms with van der Waals surface area (Å²) in [5, 5.41) is 3.20. The van der Waals surface area contributed by atoms with Gasteiger partial charge in [-0.3, -0.25) is 0 Å². The van der Waals surface area contributed by atoms with Gasteiger partial charge in [-0.25, -0.2) is 4.39 Å². The van der Waals surface area contributed by atoms with Crippen LogP contribution in [-0.2, 0) is 0 Å². The van der Waals surface area contributed by atoms with Crippen molar-refractivity contribution in [1.29, 1.82) is 0 Å². The van der Waals surface area contributed by atoms with Crippen molar-refractivity contribution < 1.29 is 4.39 Å². The summed E-state index contributed by atoms with van der Waals surface area (Å²) < 4.78 is 12.6. The van der Waals surface area contributed by atoms with Gasteiger partial charge in [0.05, 0.1) is 0 Å². The third kappa shape index (κ3) is 0.886. The summed E-state index contributed by atoms with van der Waals surface area (Å²) in [4.78, 5) is 0. The topological polar surface area (TPSA) is 12.0 Å². The van der Waals surface area contributed by atoms with Gasteiger partial charge < -0.3 is 5.32 Å². The van der Waals surface area contributed by atoms with Gasteiger partial charge in [0.25, 0.3) is 0 Å². The minimum Gasteiger partial charge on any atom is -0.309 e. The summed E-state index contributed by atoms with van der Waals surface area (Å²) in [6.07, 6.45) is 3.21. The second-order valence-electron chi connectivity index (χ2n) is 2.82. The summed E-state index contributed by atoms with van der Waals surface area (Å²) in [7, 11) is 0. The average molecular weight is 139 g/mol. The minimum atomic E-state index is 0.0439. The van der Waals surface area contributed by atoms with Gasteiger partial charge in [-0.2, -0.15) is 0 Å². The SMILES string of the molecule is FC1=CC2=C(CC1)CNC2. The number of hydrogen-bond donors (Lipinski definition) is 1. The first kappa shape index (κ1) is 6.10. The van der Waals surface area contributed by atoms with Crippen LogP contribution in [0.4, 0.5) is 4.39 Å². The summed E-state index contributed by atoms with van der Waals surface area (Å²) in [6, 6.07) is 0. The Kier molecular flexibility index (Phi) is 1.34. The summed E-state index contributed by atoms with van der Waals surface area (Å²) >= 11 is 0. The van der Waals surface area contributed by atoms with E-state index in [1.807, 2.05) is 0 Å². The fraction of sp³-hybridized carbons (Fsp3) is 0.500. The van der Waals surface area contributed by atoms with Gasteiger partial charge in [-0.1, -0.05) is 5.57 Å². The van der Waals surface area contributed by atoms with E-state index in [9.17, 15) is 4.39 Å². The van der Waals surface area contributed by atoms with Gasteiger partial charge in [-0.15, -0.1) is 0 Å². The molecule has 0 radical (unpaired) electrons. The maximum atomic E-state index is 12.6. The third-order valence-corrected chi connectivity index (χ3v) is 2.10. The monoisotopic (exact) mass is 139 g/mol. The highest BCUT2D eigenvalue weighted by atomic mass is 19.1. The molecule has 0 bridgehead atoms. The molecular weight excluding hydrogens is 129 g/mol. The van der Waals surface area contributed by atoms with Crippen LogP contribution in [0.15, 0.2) is 23.0 Å². The van der Waals surface area contributed by atoms with Crippen LogP contribution in [-0.4, -0.2) is 13.1 Å². The van der Waals surface area contributed by atoms with E-state index in [1.165, 1.54) is 11.1 Å². The van der Waals surface area contributed by atoms with E-state index in [4.69, 9.17) is 0 Å². The van der Waals surface area contributed by atoms with Crippen LogP contribution in [0.1, 0.15) is 12.8 Å². The van der Waals surface area contributed by atoms with E-state index in [0.717, 1.165) is 19.5 Å². The molecule has 0 aromatic carbocycles. The van der Waals surface area contributed by atoms with Crippen LogP contribution >= 0.6 is 0 Å². The van der Waals surface area contributed by atoms with E-state index in [-0.39, 0.29) is 5.83 Å². The molecule has 1 heterocycles. The number of nitrogens with one attached hydrogen (secondary N) is 1. The van der Waals surface area contributed by atoms with Crippen LogP contribution in [0.2, 0.25) is 0 Å². The second-order valence-corrected chi connectivity index (χ2v) is 2.82. The van der Waals surface area contributed by atoms with Crippen molar-refractivity contribution in [3.63, 3.8) is 0 Å². The van der Waals surface area contributed by atoms with E-state index >= 15 is 0 Å². The first-order valence-corrected chi connectivity index (χ1v) is 3.64. The number of rotatable bonds is 0. The molecule has 0 amide bonds. The maximum Gasteiger partial charge on any atom is 0.101 e. The number of allylic oxidation sites excluding steroid dienone is 1. The molecule has 10 heavy (non-hydrogen) atoms. The minimum absolute atomic E-state index is 0.0439. The Morgan fingerprint density at radius 3 is 3.10 bits per heavy atom. The Hall–Kier alpha value is -0.630. The van der Waals surface area contributed by atoms with Gasteiger partial charge in [0, 0.05) is 19.5 Å². The van der Waals surface area contributed by atoms with Crippen molar-refractivity contribution in [2.24, 2.45) is 0 Å². The molecule has 0 saturated heterocycles. The molecule has 0 aromatic heterocycles. The normalized spacial score (nSPS) is 24.7. The van der Waals surface area contributed by atoms with Crippen LogP contribution in [0.3, 0.4) is 0 Å². The lowest BCUT2D eigenvalue weighted by molar-refractivity contribution is 0.579. The molecule has 0 saturated carbocycles. The van der Waals surface area contributed by atoms with Crippen molar-refractivity contribution in [2.45, 2.75) is 12.8 Å². The quantitative estimate of drug-likeness (QED) is 0.536. The van der Waals surface area contributed by atoms with Crippen molar-refractivity contribution in [3.05, 3.63) is 23.0 Å². The van der Waals surface area contributed by atoms with Gasteiger partial charge in [0.1, 0.15) is 5.83 Å². The molecule has 0 aromatic rings. The van der Waals surface area contributed by atoms with E-state index < -0.39 is 0 Å². The largest absolute Gasteiger partial charge is 0.309 e. The third-order valence-electron chi connectivity index (χ3n) is 2.10. The molecule has 1 aliphatic carbocycles. The molecule has 1 nitrogen and oxygen atoms in total. The van der Waals surface area contributed by atoms with Crippen LogP contribution in [0.25, 0.3) is 0 Å². The highest BCUT2D eigenvalue weighted by Gasteiger charge is 2.16. The molecule has 2 rings (SSSR count). The molecule has 2 heteroatoms. The van der Waals surface area contributed by atoms with Gasteiger partial charge >= 0.3 is 0 Å². The summed E-state index contributed by atoms with van der Waals surface area (Å²) in [5.41, 5.74) is 2.59. The molecule has 0 fully saturated rings. The van der Waals surface area contributed by atoms with E-state index in [1.54, 1.807) is 6.08 Å². The molecule has 0 spiro atoms. The van der Waals surface area contributed by atoms with Crippen LogP contribution in [0.5, 0.6) is 0 Å². The molecule has 0 atom stereocenters. The molecule has 0 unspecified atom stereocenters. The highest BCUT2D eigenvalue weighted by molar-refractivity contribution is 5.36. The maximum absolute atomic E-state index is 12.6. The van der Waals surface area contributed by atoms with E-state index in [0.29, 0.717) is 6.42 Å². The first-order valence-electron chi connectivity index (χ1n) is 3.64. The Bertz CT molecular complexity index is 215. The van der Waals surface area contributed by atoms with E-state index in [2.05, 4.69) is 5.32 Å². The molecular formula is C8H10FN. The smallest absolute Gasteiger partial charge is 0.101 e. The van der Waals surface area contributed by atoms with Crippen LogP contribution < -0.4 is 5.32 Å². The predicted molar refractivity (Wildman–Crippen MR) is 38.3 cm³/mol. The Morgan fingerprint density at radius 2 is 2.20 bits per heavy atom. The molecule has 2 aliphatic rings. The molecule has 1 aliphatic heterocycles.